The molecule has 0 bridgehead atoms. The standard InChI is InChI=1S/C38H43F3N4O4/c1-4-25-49-26-24-42(3)37(48)35(27-31-8-6-5-7-9-31)45(36(47)19-14-30-10-15-33(16-11-30)38(39,40)41)28-32-12-17-34(18-13-32)44-22-20-43(21-23-44)29(2)46/h4-19,35H,1,20-28H2,2-3H3/t35-/m0/s1. The molecule has 1 fully saturated rings. The first-order valence-corrected chi connectivity index (χ1v) is 16.2. The Morgan fingerprint density at radius 2 is 1.57 bits per heavy atom. The van der Waals surface area contributed by atoms with E-state index < -0.39 is 23.7 Å². The predicted molar refractivity (Wildman–Crippen MR) is 185 cm³/mol. The Balaban J connectivity index is 1.62. The summed E-state index contributed by atoms with van der Waals surface area (Å²) >= 11 is 0. The van der Waals surface area contributed by atoms with Crippen molar-refractivity contribution in [2.75, 3.05) is 57.9 Å². The van der Waals surface area contributed by atoms with Gasteiger partial charge in [0.25, 0.3) is 0 Å². The molecule has 1 aliphatic heterocycles. The van der Waals surface area contributed by atoms with Crippen molar-refractivity contribution < 1.29 is 32.3 Å². The lowest BCUT2D eigenvalue weighted by molar-refractivity contribution is -0.143. The van der Waals surface area contributed by atoms with Crippen LogP contribution in [0.2, 0.25) is 0 Å². The third-order valence-electron chi connectivity index (χ3n) is 8.43. The Labute approximate surface area is 286 Å². The second kappa shape index (κ2) is 17.5. The van der Waals surface area contributed by atoms with Gasteiger partial charge in [0.05, 0.1) is 18.8 Å². The largest absolute Gasteiger partial charge is 0.416 e. The maximum Gasteiger partial charge on any atom is 0.416 e. The lowest BCUT2D eigenvalue weighted by atomic mass is 10.0. The number of likely N-dealkylation sites (N-methyl/N-ethyl adjacent to an activating group) is 1. The molecule has 0 unspecified atom stereocenters. The molecule has 0 N–H and O–H groups in total. The monoisotopic (exact) mass is 676 g/mol. The van der Waals surface area contributed by atoms with E-state index in [0.29, 0.717) is 44.9 Å². The van der Waals surface area contributed by atoms with Gasteiger partial charge in [-0.15, -0.1) is 6.58 Å². The summed E-state index contributed by atoms with van der Waals surface area (Å²) in [4.78, 5) is 46.9. The molecule has 4 rings (SSSR count). The van der Waals surface area contributed by atoms with E-state index in [1.807, 2.05) is 59.5 Å². The van der Waals surface area contributed by atoms with E-state index in [2.05, 4.69) is 11.5 Å². The van der Waals surface area contributed by atoms with Gasteiger partial charge in [0, 0.05) is 71.4 Å². The SMILES string of the molecule is C=CCOCCN(C)C(=O)[C@H](Cc1ccccc1)N(Cc1ccc(N2CCN(C(C)=O)CC2)cc1)C(=O)C=Cc1ccc(C(F)(F)F)cc1. The van der Waals surface area contributed by atoms with E-state index in [4.69, 9.17) is 4.74 Å². The second-order valence-electron chi connectivity index (χ2n) is 11.9. The Bertz CT molecular complexity index is 1570. The minimum Gasteiger partial charge on any atom is -0.376 e. The summed E-state index contributed by atoms with van der Waals surface area (Å²) in [5.41, 5.74) is 2.28. The molecule has 0 spiro atoms. The van der Waals surface area contributed by atoms with Crippen molar-refractivity contribution in [3.63, 3.8) is 0 Å². The molecule has 49 heavy (non-hydrogen) atoms. The summed E-state index contributed by atoms with van der Waals surface area (Å²) < 4.78 is 44.8. The number of hydrogen-bond donors (Lipinski definition) is 0. The normalized spacial score (nSPS) is 14.1. The van der Waals surface area contributed by atoms with Crippen LogP contribution in [0.25, 0.3) is 6.08 Å². The summed E-state index contributed by atoms with van der Waals surface area (Å²) in [5, 5.41) is 0. The topological polar surface area (TPSA) is 73.4 Å². The highest BCUT2D eigenvalue weighted by molar-refractivity contribution is 5.95. The van der Waals surface area contributed by atoms with Gasteiger partial charge in [0.15, 0.2) is 0 Å². The van der Waals surface area contributed by atoms with Gasteiger partial charge in [-0.1, -0.05) is 60.7 Å². The van der Waals surface area contributed by atoms with Crippen LogP contribution in [-0.2, 0) is 38.3 Å². The van der Waals surface area contributed by atoms with Gasteiger partial charge < -0.3 is 24.3 Å². The average molecular weight is 677 g/mol. The van der Waals surface area contributed by atoms with Crippen LogP contribution in [0.3, 0.4) is 0 Å². The van der Waals surface area contributed by atoms with Crippen molar-refractivity contribution in [3.8, 4) is 0 Å². The number of alkyl halides is 3. The van der Waals surface area contributed by atoms with Gasteiger partial charge in [-0.2, -0.15) is 13.2 Å². The van der Waals surface area contributed by atoms with Gasteiger partial charge in [-0.25, -0.2) is 0 Å². The number of hydrogen-bond acceptors (Lipinski definition) is 5. The van der Waals surface area contributed by atoms with E-state index in [1.165, 1.54) is 29.2 Å². The zero-order chi connectivity index (χ0) is 35.4. The number of rotatable bonds is 14. The van der Waals surface area contributed by atoms with Gasteiger partial charge in [0.1, 0.15) is 6.04 Å². The number of carbonyl (C=O) groups excluding carboxylic acids is 3. The number of amides is 3. The molecule has 0 aliphatic carbocycles. The lowest BCUT2D eigenvalue weighted by Gasteiger charge is -2.36. The number of ether oxygens (including phenoxy) is 1. The summed E-state index contributed by atoms with van der Waals surface area (Å²) in [7, 11) is 1.67. The fraction of sp³-hybridized carbons (Fsp3) is 0.342. The number of piperazine rings is 1. The fourth-order valence-electron chi connectivity index (χ4n) is 5.58. The van der Waals surface area contributed by atoms with Crippen LogP contribution in [0.1, 0.15) is 29.2 Å². The van der Waals surface area contributed by atoms with E-state index in [-0.39, 0.29) is 31.4 Å². The van der Waals surface area contributed by atoms with E-state index >= 15 is 0 Å². The van der Waals surface area contributed by atoms with Crippen molar-refractivity contribution in [2.45, 2.75) is 32.1 Å². The van der Waals surface area contributed by atoms with Gasteiger partial charge in [-0.05, 0) is 47.0 Å². The van der Waals surface area contributed by atoms with Crippen molar-refractivity contribution in [1.82, 2.24) is 14.7 Å². The molecule has 3 aromatic rings. The van der Waals surface area contributed by atoms with Crippen LogP contribution in [0.5, 0.6) is 0 Å². The number of carbonyl (C=O) groups is 3. The zero-order valence-corrected chi connectivity index (χ0v) is 27.9. The molecule has 260 valence electrons. The number of nitrogens with zero attached hydrogens (tertiary/aromatic N) is 4. The molecular weight excluding hydrogens is 633 g/mol. The van der Waals surface area contributed by atoms with E-state index in [9.17, 15) is 27.6 Å². The summed E-state index contributed by atoms with van der Waals surface area (Å²) in [6.45, 7) is 8.94. The molecule has 1 heterocycles. The van der Waals surface area contributed by atoms with Crippen LogP contribution in [0.4, 0.5) is 18.9 Å². The van der Waals surface area contributed by atoms with Crippen molar-refractivity contribution >= 4 is 29.5 Å². The molecule has 0 saturated carbocycles. The molecule has 3 aromatic carbocycles. The average Bonchev–Trinajstić information content (AvgIpc) is 3.10. The van der Waals surface area contributed by atoms with Crippen LogP contribution in [-0.4, -0.2) is 91.4 Å². The van der Waals surface area contributed by atoms with Crippen LogP contribution in [0.15, 0.2) is 97.6 Å². The molecule has 1 atom stereocenters. The summed E-state index contributed by atoms with van der Waals surface area (Å²) in [5.74, 6) is -0.682. The van der Waals surface area contributed by atoms with Crippen LogP contribution < -0.4 is 4.90 Å². The van der Waals surface area contributed by atoms with Crippen molar-refractivity contribution in [1.29, 1.82) is 0 Å². The maximum absolute atomic E-state index is 14.1. The van der Waals surface area contributed by atoms with Crippen molar-refractivity contribution in [3.05, 3.63) is 120 Å². The van der Waals surface area contributed by atoms with Gasteiger partial charge in [-0.3, -0.25) is 14.4 Å². The molecule has 8 nitrogen and oxygen atoms in total. The van der Waals surface area contributed by atoms with Gasteiger partial charge >= 0.3 is 6.18 Å². The molecule has 3 amide bonds. The first-order valence-electron chi connectivity index (χ1n) is 16.2. The highest BCUT2D eigenvalue weighted by Gasteiger charge is 2.32. The van der Waals surface area contributed by atoms with Crippen molar-refractivity contribution in [2.24, 2.45) is 0 Å². The molecule has 0 aromatic heterocycles. The third kappa shape index (κ3) is 10.8. The van der Waals surface area contributed by atoms with Crippen LogP contribution >= 0.6 is 0 Å². The Hall–Kier alpha value is -4.90. The smallest absolute Gasteiger partial charge is 0.376 e. The van der Waals surface area contributed by atoms with Crippen LogP contribution in [0, 0.1) is 0 Å². The molecule has 11 heteroatoms. The first-order chi connectivity index (χ1) is 23.5. The number of halogens is 3. The minimum absolute atomic E-state index is 0.0571. The fourth-order valence-corrected chi connectivity index (χ4v) is 5.58. The summed E-state index contributed by atoms with van der Waals surface area (Å²) in [6, 6.07) is 20.8. The van der Waals surface area contributed by atoms with E-state index in [0.717, 1.165) is 28.9 Å². The molecule has 1 saturated heterocycles. The highest BCUT2D eigenvalue weighted by atomic mass is 19.4. The minimum atomic E-state index is -4.47. The van der Waals surface area contributed by atoms with E-state index in [1.54, 1.807) is 24.9 Å². The first kappa shape index (κ1) is 36.9. The predicted octanol–water partition coefficient (Wildman–Crippen LogP) is 5.69. The number of benzene rings is 3. The quantitative estimate of drug-likeness (QED) is 0.125. The molecule has 1 aliphatic rings. The zero-order valence-electron chi connectivity index (χ0n) is 27.9. The lowest BCUT2D eigenvalue weighted by Crippen LogP contribution is -2.51. The Morgan fingerprint density at radius 3 is 2.16 bits per heavy atom. The Morgan fingerprint density at radius 1 is 0.918 bits per heavy atom. The summed E-state index contributed by atoms with van der Waals surface area (Å²) in [6.07, 6.45) is 0.151. The Kier molecular flexibility index (Phi) is 13.2. The second-order valence-corrected chi connectivity index (χ2v) is 11.9. The maximum atomic E-state index is 14.1. The highest BCUT2D eigenvalue weighted by Crippen LogP contribution is 2.29. The van der Waals surface area contributed by atoms with Gasteiger partial charge in [0.2, 0.25) is 17.7 Å². The molecular formula is C38H43F3N4O4. The molecule has 0 radical (unpaired) electrons. The number of anilines is 1. The third-order valence-corrected chi connectivity index (χ3v) is 8.43.